The zero-order valence-corrected chi connectivity index (χ0v) is 19.5. The van der Waals surface area contributed by atoms with E-state index in [4.69, 9.17) is 4.74 Å². The van der Waals surface area contributed by atoms with Crippen LogP contribution in [0.3, 0.4) is 0 Å². The molecule has 6 heteroatoms. The number of thiazole rings is 1. The van der Waals surface area contributed by atoms with E-state index in [-0.39, 0.29) is 34.9 Å². The van der Waals surface area contributed by atoms with E-state index in [0.717, 1.165) is 43.4 Å². The Balaban J connectivity index is 1.43. The Labute approximate surface area is 187 Å². The van der Waals surface area contributed by atoms with Crippen molar-refractivity contribution in [2.75, 3.05) is 0 Å². The van der Waals surface area contributed by atoms with Gasteiger partial charge in [-0.1, -0.05) is 19.4 Å². The van der Waals surface area contributed by atoms with Crippen LogP contribution in [-0.4, -0.2) is 27.9 Å². The molecule has 2 unspecified atom stereocenters. The first-order chi connectivity index (χ1) is 14.7. The molecule has 4 aliphatic rings. The van der Waals surface area contributed by atoms with E-state index in [1.807, 2.05) is 13.0 Å². The fourth-order valence-corrected chi connectivity index (χ4v) is 8.21. The van der Waals surface area contributed by atoms with Gasteiger partial charge in [0.05, 0.1) is 16.6 Å². The maximum atomic E-state index is 13.1. The van der Waals surface area contributed by atoms with Crippen LogP contribution < -0.4 is 0 Å². The molecular formula is C25H31NO4S. The average molecular weight is 442 g/mol. The number of nitrogens with zero attached hydrogens (tertiary/aromatic N) is 1. The van der Waals surface area contributed by atoms with E-state index in [1.165, 1.54) is 17.4 Å². The zero-order valence-electron chi connectivity index (χ0n) is 18.7. The Kier molecular flexibility index (Phi) is 4.74. The quantitative estimate of drug-likeness (QED) is 0.621. The van der Waals surface area contributed by atoms with Crippen LogP contribution in [0, 0.1) is 41.4 Å². The van der Waals surface area contributed by atoms with E-state index in [2.05, 4.69) is 25.8 Å². The van der Waals surface area contributed by atoms with E-state index in [0.29, 0.717) is 22.6 Å². The summed E-state index contributed by atoms with van der Waals surface area (Å²) in [5.41, 5.74) is 2.95. The van der Waals surface area contributed by atoms with Crippen LogP contribution in [0.2, 0.25) is 0 Å². The zero-order chi connectivity index (χ0) is 22.1. The molecule has 0 amide bonds. The van der Waals surface area contributed by atoms with Gasteiger partial charge in [-0.15, -0.1) is 11.3 Å². The van der Waals surface area contributed by atoms with Crippen LogP contribution in [-0.2, 0) is 9.53 Å². The van der Waals surface area contributed by atoms with Crippen LogP contribution in [0.4, 0.5) is 0 Å². The molecule has 3 saturated carbocycles. The smallest absolute Gasteiger partial charge is 0.350 e. The number of fused-ring (bicyclic) bond motifs is 5. The number of aliphatic hydroxyl groups excluding tert-OH is 1. The van der Waals surface area contributed by atoms with Crippen LogP contribution in [0.5, 0.6) is 0 Å². The Bertz CT molecular complexity index is 1010. The standard InChI is InChI=1S/C25H31NO4S/c1-13-9-19-17-6-5-15-10-16(27)11-20(28)25(15,4)18(17)7-8-24(19,3)22(13)30-23(29)21-14(2)26-12-31-21/h10-13,17-19,22,27H,5-9H2,1-4H3/t13?,17-,18+,19+,22?,24+,25+/m1/s1. The van der Waals surface area contributed by atoms with Gasteiger partial charge in [0.1, 0.15) is 16.7 Å². The molecule has 0 spiro atoms. The molecule has 7 atom stereocenters. The molecule has 4 aliphatic carbocycles. The number of hydrogen-bond acceptors (Lipinski definition) is 6. The van der Waals surface area contributed by atoms with E-state index in [9.17, 15) is 14.7 Å². The summed E-state index contributed by atoms with van der Waals surface area (Å²) in [6.45, 7) is 8.45. The monoisotopic (exact) mass is 441 g/mol. The molecule has 0 aromatic carbocycles. The van der Waals surface area contributed by atoms with Crippen molar-refractivity contribution in [3.05, 3.63) is 39.6 Å². The summed E-state index contributed by atoms with van der Waals surface area (Å²) in [5, 5.41) is 9.98. The highest BCUT2D eigenvalue weighted by Crippen LogP contribution is 2.66. The van der Waals surface area contributed by atoms with Crippen LogP contribution in [0.15, 0.2) is 29.0 Å². The molecule has 0 bridgehead atoms. The molecular weight excluding hydrogens is 410 g/mol. The third kappa shape index (κ3) is 2.90. The minimum Gasteiger partial charge on any atom is -0.508 e. The van der Waals surface area contributed by atoms with Gasteiger partial charge in [0.15, 0.2) is 5.78 Å². The molecule has 0 radical (unpaired) electrons. The van der Waals surface area contributed by atoms with Crippen molar-refractivity contribution in [1.82, 2.24) is 4.98 Å². The van der Waals surface area contributed by atoms with Crippen molar-refractivity contribution in [2.45, 2.75) is 65.9 Å². The number of aromatic nitrogens is 1. The normalized spacial score (nSPS) is 41.5. The lowest BCUT2D eigenvalue weighted by molar-refractivity contribution is -0.133. The number of allylic oxidation sites excluding steroid dienone is 3. The average Bonchev–Trinajstić information content (AvgIpc) is 3.24. The summed E-state index contributed by atoms with van der Waals surface area (Å²) in [4.78, 5) is 30.8. The number of esters is 1. The number of carbonyl (C=O) groups is 2. The van der Waals surface area contributed by atoms with E-state index >= 15 is 0 Å². The highest BCUT2D eigenvalue weighted by atomic mass is 32.1. The number of aryl methyl sites for hydroxylation is 1. The predicted octanol–water partition coefficient (Wildman–Crippen LogP) is 5.42. The third-order valence-corrected chi connectivity index (χ3v) is 10.0. The van der Waals surface area contributed by atoms with Gasteiger partial charge in [-0.25, -0.2) is 9.78 Å². The number of ketones is 1. The first kappa shape index (κ1) is 20.9. The Morgan fingerprint density at radius 3 is 2.74 bits per heavy atom. The van der Waals surface area contributed by atoms with E-state index in [1.54, 1.807) is 5.51 Å². The Morgan fingerprint density at radius 1 is 1.26 bits per heavy atom. The lowest BCUT2D eigenvalue weighted by Crippen LogP contribution is -2.53. The van der Waals surface area contributed by atoms with Gasteiger partial charge in [0, 0.05) is 11.5 Å². The second-order valence-electron chi connectivity index (χ2n) is 10.6. The molecule has 1 N–H and O–H groups in total. The van der Waals surface area contributed by atoms with Gasteiger partial charge in [0.2, 0.25) is 0 Å². The van der Waals surface area contributed by atoms with Crippen LogP contribution in [0.25, 0.3) is 0 Å². The van der Waals surface area contributed by atoms with Crippen molar-refractivity contribution in [2.24, 2.45) is 34.5 Å². The van der Waals surface area contributed by atoms with Gasteiger partial charge < -0.3 is 9.84 Å². The minimum absolute atomic E-state index is 0.0514. The molecule has 0 aliphatic heterocycles. The molecule has 31 heavy (non-hydrogen) atoms. The minimum atomic E-state index is -0.506. The van der Waals surface area contributed by atoms with Crippen LogP contribution in [0.1, 0.15) is 68.2 Å². The van der Waals surface area contributed by atoms with Gasteiger partial charge in [-0.2, -0.15) is 0 Å². The summed E-state index contributed by atoms with van der Waals surface area (Å²) < 4.78 is 6.18. The molecule has 5 nitrogen and oxygen atoms in total. The summed E-state index contributed by atoms with van der Waals surface area (Å²) >= 11 is 1.35. The predicted molar refractivity (Wildman–Crippen MR) is 119 cm³/mol. The molecule has 1 aromatic rings. The number of carbonyl (C=O) groups excluding carboxylic acids is 2. The highest BCUT2D eigenvalue weighted by Gasteiger charge is 2.63. The summed E-state index contributed by atoms with van der Waals surface area (Å²) in [6, 6.07) is 0. The van der Waals surface area contributed by atoms with Gasteiger partial charge in [-0.05, 0) is 75.7 Å². The molecule has 1 heterocycles. The van der Waals surface area contributed by atoms with Crippen molar-refractivity contribution in [3.63, 3.8) is 0 Å². The lowest BCUT2D eigenvalue weighted by Gasteiger charge is -2.56. The number of ether oxygens (including phenoxy) is 1. The molecule has 0 saturated heterocycles. The number of aliphatic hydroxyl groups is 1. The largest absolute Gasteiger partial charge is 0.508 e. The Hall–Kier alpha value is -1.95. The molecule has 3 fully saturated rings. The van der Waals surface area contributed by atoms with E-state index < -0.39 is 5.41 Å². The Morgan fingerprint density at radius 2 is 2.03 bits per heavy atom. The maximum absolute atomic E-state index is 13.1. The first-order valence-corrected chi connectivity index (χ1v) is 12.3. The number of hydrogen-bond donors (Lipinski definition) is 1. The highest BCUT2D eigenvalue weighted by molar-refractivity contribution is 7.11. The van der Waals surface area contributed by atoms with Gasteiger partial charge in [-0.3, -0.25) is 4.79 Å². The maximum Gasteiger partial charge on any atom is 0.350 e. The molecule has 5 rings (SSSR count). The van der Waals surface area contributed by atoms with Gasteiger partial charge >= 0.3 is 5.97 Å². The van der Waals surface area contributed by atoms with Crippen molar-refractivity contribution in [3.8, 4) is 0 Å². The third-order valence-electron chi connectivity index (χ3n) is 9.10. The summed E-state index contributed by atoms with van der Waals surface area (Å²) in [7, 11) is 0. The van der Waals surface area contributed by atoms with Crippen molar-refractivity contribution in [1.29, 1.82) is 0 Å². The topological polar surface area (TPSA) is 76.5 Å². The van der Waals surface area contributed by atoms with Crippen LogP contribution >= 0.6 is 11.3 Å². The van der Waals surface area contributed by atoms with Crippen molar-refractivity contribution < 1.29 is 19.4 Å². The lowest BCUT2D eigenvalue weighted by atomic mass is 9.47. The summed E-state index contributed by atoms with van der Waals surface area (Å²) in [5.74, 6) is 1.35. The molecule has 1 aromatic heterocycles. The number of rotatable bonds is 2. The second-order valence-corrected chi connectivity index (χ2v) is 11.4. The van der Waals surface area contributed by atoms with Gasteiger partial charge in [0.25, 0.3) is 0 Å². The van der Waals surface area contributed by atoms with Crippen molar-refractivity contribution >= 4 is 23.1 Å². The second kappa shape index (κ2) is 7.03. The summed E-state index contributed by atoms with van der Waals surface area (Å²) in [6.07, 6.45) is 7.95. The molecule has 166 valence electrons. The SMILES string of the molecule is Cc1ncsc1C(=O)OC1C(C)C[C@H]2[C@@H]3CCC4=CC(O)=CC(=O)[C@]4(C)[C@H]3CC[C@]12C. The fourth-order valence-electron chi connectivity index (χ4n) is 7.53. The fraction of sp³-hybridized carbons (Fsp3) is 0.640. The first-order valence-electron chi connectivity index (χ1n) is 11.4.